The van der Waals surface area contributed by atoms with Crippen molar-refractivity contribution < 1.29 is 0 Å². The molecule has 1 aliphatic carbocycles. The molecule has 0 aliphatic heterocycles. The first-order valence-electron chi connectivity index (χ1n) is 5.36. The van der Waals surface area contributed by atoms with Crippen LogP contribution in [0.2, 0.25) is 0 Å². The zero-order valence-corrected chi connectivity index (χ0v) is 9.70. The third kappa shape index (κ3) is 2.04. The highest BCUT2D eigenvalue weighted by atomic mass is 14.3. The zero-order valence-electron chi connectivity index (χ0n) is 9.70. The summed E-state index contributed by atoms with van der Waals surface area (Å²) in [6, 6.07) is 0. The molecule has 13 heavy (non-hydrogen) atoms. The molecular formula is C13H22. The van der Waals surface area contributed by atoms with Gasteiger partial charge in [-0.25, -0.2) is 0 Å². The van der Waals surface area contributed by atoms with Gasteiger partial charge in [-0.1, -0.05) is 38.8 Å². The molecule has 0 nitrogen and oxygen atoms in total. The Hall–Kier alpha value is -0.520. The second-order valence-electron chi connectivity index (χ2n) is 4.86. The maximum Gasteiger partial charge on any atom is -0.0104 e. The SMILES string of the molecule is CCCC(C)(C)C1=CCC(C)=C1C. The molecule has 0 N–H and O–H groups in total. The predicted octanol–water partition coefficient (Wildman–Crippen LogP) is 4.48. The van der Waals surface area contributed by atoms with Gasteiger partial charge >= 0.3 is 0 Å². The fourth-order valence-corrected chi connectivity index (χ4v) is 2.33. The van der Waals surface area contributed by atoms with Crippen LogP contribution in [0, 0.1) is 5.41 Å². The van der Waals surface area contributed by atoms with Crippen molar-refractivity contribution in [3.8, 4) is 0 Å². The summed E-state index contributed by atoms with van der Waals surface area (Å²) in [5.41, 5.74) is 5.07. The molecule has 0 bridgehead atoms. The summed E-state index contributed by atoms with van der Waals surface area (Å²) >= 11 is 0. The third-order valence-corrected chi connectivity index (χ3v) is 3.26. The van der Waals surface area contributed by atoms with Crippen molar-refractivity contribution in [1.29, 1.82) is 0 Å². The fraction of sp³-hybridized carbons (Fsp3) is 0.692. The smallest absolute Gasteiger partial charge is 0.0104 e. The molecular weight excluding hydrogens is 156 g/mol. The van der Waals surface area contributed by atoms with Crippen LogP contribution in [0.3, 0.4) is 0 Å². The largest absolute Gasteiger partial charge is 0.0764 e. The quantitative estimate of drug-likeness (QED) is 0.597. The molecule has 0 fully saturated rings. The zero-order chi connectivity index (χ0) is 10.1. The molecule has 74 valence electrons. The van der Waals surface area contributed by atoms with Crippen LogP contribution in [0.4, 0.5) is 0 Å². The molecule has 0 atom stereocenters. The van der Waals surface area contributed by atoms with E-state index in [1.807, 2.05) is 0 Å². The Morgan fingerprint density at radius 3 is 2.31 bits per heavy atom. The Balaban J connectivity index is 2.85. The van der Waals surface area contributed by atoms with E-state index in [0.29, 0.717) is 5.41 Å². The lowest BCUT2D eigenvalue weighted by atomic mass is 9.78. The van der Waals surface area contributed by atoms with Crippen molar-refractivity contribution in [2.75, 3.05) is 0 Å². The molecule has 0 saturated carbocycles. The number of hydrogen-bond acceptors (Lipinski definition) is 0. The van der Waals surface area contributed by atoms with Crippen molar-refractivity contribution in [2.45, 2.75) is 53.9 Å². The number of rotatable bonds is 3. The van der Waals surface area contributed by atoms with Gasteiger partial charge in [0.25, 0.3) is 0 Å². The molecule has 0 unspecified atom stereocenters. The van der Waals surface area contributed by atoms with Crippen LogP contribution in [0.25, 0.3) is 0 Å². The Morgan fingerprint density at radius 2 is 1.92 bits per heavy atom. The molecule has 0 radical (unpaired) electrons. The topological polar surface area (TPSA) is 0 Å². The molecule has 0 aromatic heterocycles. The van der Waals surface area contributed by atoms with Crippen molar-refractivity contribution >= 4 is 0 Å². The van der Waals surface area contributed by atoms with Crippen molar-refractivity contribution in [3.63, 3.8) is 0 Å². The van der Waals surface area contributed by atoms with Crippen molar-refractivity contribution in [1.82, 2.24) is 0 Å². The van der Waals surface area contributed by atoms with Crippen LogP contribution in [0.1, 0.15) is 53.9 Å². The average Bonchev–Trinajstić information content (AvgIpc) is 2.33. The normalized spacial score (nSPS) is 18.1. The third-order valence-electron chi connectivity index (χ3n) is 3.26. The molecule has 0 heterocycles. The van der Waals surface area contributed by atoms with E-state index < -0.39 is 0 Å². The van der Waals surface area contributed by atoms with E-state index in [1.165, 1.54) is 19.3 Å². The summed E-state index contributed by atoms with van der Waals surface area (Å²) in [5, 5.41) is 0. The van der Waals surface area contributed by atoms with E-state index in [-0.39, 0.29) is 0 Å². The van der Waals surface area contributed by atoms with Crippen LogP contribution in [-0.4, -0.2) is 0 Å². The molecule has 0 spiro atoms. The Kier molecular flexibility index (Phi) is 3.00. The van der Waals surface area contributed by atoms with E-state index in [4.69, 9.17) is 0 Å². The van der Waals surface area contributed by atoms with Gasteiger partial charge in [-0.3, -0.25) is 0 Å². The van der Waals surface area contributed by atoms with E-state index >= 15 is 0 Å². The van der Waals surface area contributed by atoms with Crippen molar-refractivity contribution in [2.24, 2.45) is 5.41 Å². The summed E-state index contributed by atoms with van der Waals surface area (Å²) in [6.07, 6.45) is 6.16. The summed E-state index contributed by atoms with van der Waals surface area (Å²) in [6.45, 7) is 11.5. The van der Waals surface area contributed by atoms with Gasteiger partial charge in [-0.05, 0) is 43.3 Å². The average molecular weight is 178 g/mol. The Labute approximate surface area is 82.7 Å². The fourth-order valence-electron chi connectivity index (χ4n) is 2.33. The highest BCUT2D eigenvalue weighted by Gasteiger charge is 2.26. The van der Waals surface area contributed by atoms with E-state index in [0.717, 1.165) is 0 Å². The lowest BCUT2D eigenvalue weighted by Crippen LogP contribution is -2.14. The maximum atomic E-state index is 2.42. The molecule has 0 heteroatoms. The van der Waals surface area contributed by atoms with E-state index in [2.05, 4.69) is 40.7 Å². The number of hydrogen-bond donors (Lipinski definition) is 0. The van der Waals surface area contributed by atoms with Crippen LogP contribution < -0.4 is 0 Å². The van der Waals surface area contributed by atoms with Crippen LogP contribution in [-0.2, 0) is 0 Å². The molecule has 0 aromatic carbocycles. The van der Waals surface area contributed by atoms with Crippen LogP contribution in [0.5, 0.6) is 0 Å². The first-order valence-corrected chi connectivity index (χ1v) is 5.36. The lowest BCUT2D eigenvalue weighted by Gasteiger charge is -2.27. The van der Waals surface area contributed by atoms with Gasteiger partial charge in [0.2, 0.25) is 0 Å². The second kappa shape index (κ2) is 3.69. The van der Waals surface area contributed by atoms with Gasteiger partial charge in [0.05, 0.1) is 0 Å². The highest BCUT2D eigenvalue weighted by Crippen LogP contribution is 2.41. The summed E-state index contributed by atoms with van der Waals surface area (Å²) in [7, 11) is 0. The van der Waals surface area contributed by atoms with Gasteiger partial charge in [0.1, 0.15) is 0 Å². The second-order valence-corrected chi connectivity index (χ2v) is 4.86. The van der Waals surface area contributed by atoms with Gasteiger partial charge < -0.3 is 0 Å². The monoisotopic (exact) mass is 178 g/mol. The first-order chi connectivity index (χ1) is 5.99. The van der Waals surface area contributed by atoms with Crippen molar-refractivity contribution in [3.05, 3.63) is 22.8 Å². The van der Waals surface area contributed by atoms with Gasteiger partial charge in [-0.15, -0.1) is 0 Å². The standard InChI is InChI=1S/C13H22/c1-6-9-13(4,5)12-8-7-10(2)11(12)3/h8H,6-7,9H2,1-5H3. The minimum Gasteiger partial charge on any atom is -0.0764 e. The molecule has 1 aliphatic rings. The van der Waals surface area contributed by atoms with Crippen LogP contribution in [0.15, 0.2) is 22.8 Å². The molecule has 0 amide bonds. The first kappa shape index (κ1) is 10.6. The van der Waals surface area contributed by atoms with Crippen LogP contribution >= 0.6 is 0 Å². The van der Waals surface area contributed by atoms with Gasteiger partial charge in [0.15, 0.2) is 0 Å². The summed E-state index contributed by atoms with van der Waals surface area (Å²) < 4.78 is 0. The minimum atomic E-state index is 0.386. The summed E-state index contributed by atoms with van der Waals surface area (Å²) in [4.78, 5) is 0. The Morgan fingerprint density at radius 1 is 1.31 bits per heavy atom. The number of allylic oxidation sites excluding steroid dienone is 4. The lowest BCUT2D eigenvalue weighted by molar-refractivity contribution is 0.408. The molecule has 0 aromatic rings. The maximum absolute atomic E-state index is 2.42. The van der Waals surface area contributed by atoms with E-state index in [1.54, 1.807) is 16.7 Å². The van der Waals surface area contributed by atoms with Gasteiger partial charge in [0, 0.05) is 0 Å². The molecule has 1 rings (SSSR count). The minimum absolute atomic E-state index is 0.386. The van der Waals surface area contributed by atoms with Gasteiger partial charge in [-0.2, -0.15) is 0 Å². The predicted molar refractivity (Wildman–Crippen MR) is 59.8 cm³/mol. The van der Waals surface area contributed by atoms with E-state index in [9.17, 15) is 0 Å². The highest BCUT2D eigenvalue weighted by molar-refractivity contribution is 5.43. The Bertz CT molecular complexity index is 251. The summed E-state index contributed by atoms with van der Waals surface area (Å²) in [5.74, 6) is 0. The molecule has 0 saturated heterocycles.